The first-order valence-corrected chi connectivity index (χ1v) is 6.05. The highest BCUT2D eigenvalue weighted by Crippen LogP contribution is 2.05. The van der Waals surface area contributed by atoms with Crippen molar-refractivity contribution in [2.45, 2.75) is 26.9 Å². The summed E-state index contributed by atoms with van der Waals surface area (Å²) in [5, 5.41) is 3.09. The summed E-state index contributed by atoms with van der Waals surface area (Å²) in [4.78, 5) is 16.0. The average Bonchev–Trinajstić information content (AvgIpc) is 2.38. The lowest BCUT2D eigenvalue weighted by molar-refractivity contribution is 0.718. The lowest BCUT2D eigenvalue weighted by Crippen LogP contribution is -2.23. The number of rotatable bonds is 4. The molecule has 0 aliphatic heterocycles. The van der Waals surface area contributed by atoms with Gasteiger partial charge in [-0.2, -0.15) is 0 Å². The van der Waals surface area contributed by atoms with Crippen molar-refractivity contribution in [1.29, 1.82) is 0 Å². The van der Waals surface area contributed by atoms with Gasteiger partial charge in [-0.1, -0.05) is 29.8 Å². The zero-order valence-electron chi connectivity index (χ0n) is 10.7. The van der Waals surface area contributed by atoms with Gasteiger partial charge in [0.2, 0.25) is 0 Å². The van der Waals surface area contributed by atoms with Crippen LogP contribution in [0.4, 0.5) is 5.82 Å². The van der Waals surface area contributed by atoms with Crippen LogP contribution in [0.2, 0.25) is 0 Å². The number of nitrogens with one attached hydrogen (secondary N) is 1. The molecule has 0 amide bonds. The molecule has 0 saturated carbocycles. The van der Waals surface area contributed by atoms with Crippen LogP contribution >= 0.6 is 0 Å². The first-order chi connectivity index (χ1) is 8.70. The van der Waals surface area contributed by atoms with Gasteiger partial charge >= 0.3 is 0 Å². The largest absolute Gasteiger partial charge is 0.361 e. The minimum Gasteiger partial charge on any atom is -0.361 e. The van der Waals surface area contributed by atoms with Crippen molar-refractivity contribution in [2.24, 2.45) is 0 Å². The van der Waals surface area contributed by atoms with Crippen molar-refractivity contribution >= 4 is 5.82 Å². The van der Waals surface area contributed by atoms with Gasteiger partial charge in [-0.05, 0) is 19.4 Å². The van der Waals surface area contributed by atoms with Crippen molar-refractivity contribution in [1.82, 2.24) is 9.55 Å². The van der Waals surface area contributed by atoms with Crippen LogP contribution < -0.4 is 10.9 Å². The molecule has 2 aromatic rings. The molecule has 0 spiro atoms. The van der Waals surface area contributed by atoms with E-state index in [-0.39, 0.29) is 5.56 Å². The molecule has 0 radical (unpaired) electrons. The third kappa shape index (κ3) is 2.77. The summed E-state index contributed by atoms with van der Waals surface area (Å²) < 4.78 is 1.63. The molecule has 1 aromatic carbocycles. The van der Waals surface area contributed by atoms with Gasteiger partial charge in [-0.25, -0.2) is 4.98 Å². The number of benzene rings is 1. The monoisotopic (exact) mass is 243 g/mol. The van der Waals surface area contributed by atoms with Gasteiger partial charge in [-0.3, -0.25) is 4.79 Å². The number of nitrogens with zero attached hydrogens (tertiary/aromatic N) is 2. The molecule has 0 fully saturated rings. The molecule has 0 saturated heterocycles. The Balaban J connectivity index is 2.13. The zero-order chi connectivity index (χ0) is 13.0. The molecule has 0 atom stereocenters. The third-order valence-corrected chi connectivity index (χ3v) is 2.80. The highest BCUT2D eigenvalue weighted by molar-refractivity contribution is 5.33. The summed E-state index contributed by atoms with van der Waals surface area (Å²) in [5.74, 6) is 0.404. The van der Waals surface area contributed by atoms with Crippen LogP contribution in [0.3, 0.4) is 0 Å². The highest BCUT2D eigenvalue weighted by Gasteiger charge is 2.03. The summed E-state index contributed by atoms with van der Waals surface area (Å²) in [5.41, 5.74) is 2.28. The minimum atomic E-state index is -0.0762. The summed E-state index contributed by atoms with van der Waals surface area (Å²) in [6.07, 6.45) is 3.34. The number of hydrogen-bond donors (Lipinski definition) is 1. The highest BCUT2D eigenvalue weighted by atomic mass is 16.1. The molecule has 2 rings (SSSR count). The maximum Gasteiger partial charge on any atom is 0.293 e. The average molecular weight is 243 g/mol. The topological polar surface area (TPSA) is 46.9 Å². The van der Waals surface area contributed by atoms with Gasteiger partial charge in [-0.15, -0.1) is 0 Å². The Morgan fingerprint density at radius 3 is 2.94 bits per heavy atom. The van der Waals surface area contributed by atoms with Crippen LogP contribution in [0.5, 0.6) is 0 Å². The van der Waals surface area contributed by atoms with E-state index >= 15 is 0 Å². The van der Waals surface area contributed by atoms with Crippen LogP contribution in [0.1, 0.15) is 18.1 Å². The Hall–Kier alpha value is -2.10. The summed E-state index contributed by atoms with van der Waals surface area (Å²) in [6.45, 7) is 5.25. The smallest absolute Gasteiger partial charge is 0.293 e. The van der Waals surface area contributed by atoms with Crippen molar-refractivity contribution in [3.63, 3.8) is 0 Å². The van der Waals surface area contributed by atoms with Crippen LogP contribution in [0.25, 0.3) is 0 Å². The minimum absolute atomic E-state index is 0.0762. The molecule has 0 unspecified atom stereocenters. The van der Waals surface area contributed by atoms with Crippen molar-refractivity contribution < 1.29 is 0 Å². The fraction of sp³-hybridized carbons (Fsp3) is 0.286. The van der Waals surface area contributed by atoms with Crippen LogP contribution in [0, 0.1) is 6.92 Å². The normalized spacial score (nSPS) is 10.3. The lowest BCUT2D eigenvalue weighted by atomic mass is 10.1. The molecule has 18 heavy (non-hydrogen) atoms. The number of aromatic nitrogens is 2. The molecule has 1 N–H and O–H groups in total. The van der Waals surface area contributed by atoms with Crippen LogP contribution in [-0.4, -0.2) is 9.55 Å². The summed E-state index contributed by atoms with van der Waals surface area (Å²) >= 11 is 0. The molecule has 1 heterocycles. The van der Waals surface area contributed by atoms with E-state index < -0.39 is 0 Å². The van der Waals surface area contributed by atoms with E-state index in [1.807, 2.05) is 32.0 Å². The fourth-order valence-electron chi connectivity index (χ4n) is 1.83. The quantitative estimate of drug-likeness (QED) is 0.895. The second-order valence-electron chi connectivity index (χ2n) is 4.21. The van der Waals surface area contributed by atoms with Gasteiger partial charge in [0.05, 0.1) is 0 Å². The first kappa shape index (κ1) is 12.4. The van der Waals surface area contributed by atoms with E-state index in [2.05, 4.69) is 16.4 Å². The Labute approximate surface area is 106 Å². The fourth-order valence-corrected chi connectivity index (χ4v) is 1.83. The molecule has 4 heteroatoms. The Bertz CT molecular complexity index is 590. The summed E-state index contributed by atoms with van der Waals surface area (Å²) in [7, 11) is 0. The predicted octanol–water partition coefficient (Wildman–Crippen LogP) is 2.18. The summed E-state index contributed by atoms with van der Waals surface area (Å²) in [6, 6.07) is 8.18. The maximum absolute atomic E-state index is 11.9. The van der Waals surface area contributed by atoms with Gasteiger partial charge in [0.15, 0.2) is 5.82 Å². The molecular formula is C14H17N3O. The van der Waals surface area contributed by atoms with E-state index in [0.717, 1.165) is 5.56 Å². The standard InChI is InChI=1S/C14H17N3O/c1-3-17-8-7-15-13(14(17)18)16-10-12-6-4-5-11(2)9-12/h4-9H,3,10H2,1-2H3,(H,15,16). The van der Waals surface area contributed by atoms with Gasteiger partial charge in [0, 0.05) is 25.5 Å². The van der Waals surface area contributed by atoms with Gasteiger partial charge in [0.1, 0.15) is 0 Å². The molecule has 0 bridgehead atoms. The van der Waals surface area contributed by atoms with Crippen molar-refractivity contribution in [3.8, 4) is 0 Å². The van der Waals surface area contributed by atoms with E-state index in [4.69, 9.17) is 0 Å². The number of hydrogen-bond acceptors (Lipinski definition) is 3. The Kier molecular flexibility index (Phi) is 3.77. The Morgan fingerprint density at radius 1 is 1.39 bits per heavy atom. The number of anilines is 1. The Morgan fingerprint density at radius 2 is 2.22 bits per heavy atom. The van der Waals surface area contributed by atoms with Crippen molar-refractivity contribution in [3.05, 3.63) is 58.1 Å². The SMILES string of the molecule is CCn1ccnc(NCc2cccc(C)c2)c1=O. The second-order valence-corrected chi connectivity index (χ2v) is 4.21. The van der Waals surface area contributed by atoms with E-state index in [1.165, 1.54) is 5.56 Å². The number of aryl methyl sites for hydroxylation is 2. The third-order valence-electron chi connectivity index (χ3n) is 2.80. The molecule has 1 aromatic heterocycles. The molecule has 94 valence electrons. The molecule has 0 aliphatic rings. The molecular weight excluding hydrogens is 226 g/mol. The van der Waals surface area contributed by atoms with E-state index in [1.54, 1.807) is 17.0 Å². The maximum atomic E-state index is 11.9. The first-order valence-electron chi connectivity index (χ1n) is 6.05. The van der Waals surface area contributed by atoms with Gasteiger partial charge < -0.3 is 9.88 Å². The lowest BCUT2D eigenvalue weighted by Gasteiger charge is -2.07. The second kappa shape index (κ2) is 5.49. The molecule has 0 aliphatic carbocycles. The van der Waals surface area contributed by atoms with E-state index in [0.29, 0.717) is 18.9 Å². The molecule has 4 nitrogen and oxygen atoms in total. The van der Waals surface area contributed by atoms with Crippen LogP contribution in [-0.2, 0) is 13.1 Å². The predicted molar refractivity (Wildman–Crippen MR) is 72.7 cm³/mol. The van der Waals surface area contributed by atoms with E-state index in [9.17, 15) is 4.79 Å². The van der Waals surface area contributed by atoms with Crippen molar-refractivity contribution in [2.75, 3.05) is 5.32 Å². The zero-order valence-corrected chi connectivity index (χ0v) is 10.7. The van der Waals surface area contributed by atoms with Gasteiger partial charge in [0.25, 0.3) is 5.56 Å². The van der Waals surface area contributed by atoms with Crippen LogP contribution in [0.15, 0.2) is 41.5 Å².